The number of allylic oxidation sites excluding steroid dienone is 12. The number of carbonyl (C=O) groups is 3. The molecule has 0 spiro atoms. The average Bonchev–Trinajstić information content (AvgIpc) is 3.37. The SMILES string of the molecule is CC/C=C\C/C=C\C/C=C\CCCCCC(=O)OC(COC(=O)CCCCCCCCC)COC(=O)CCCCCCCCCCCCCCCCCCCC/C=C\C/C=C\C/C=C\CCCCCCC. The number of esters is 3. The van der Waals surface area contributed by atoms with Gasteiger partial charge in [0.15, 0.2) is 6.10 Å². The lowest BCUT2D eigenvalue weighted by Crippen LogP contribution is -2.30. The van der Waals surface area contributed by atoms with Crippen molar-refractivity contribution in [1.29, 1.82) is 0 Å². The summed E-state index contributed by atoms with van der Waals surface area (Å²) < 4.78 is 16.7. The maximum absolute atomic E-state index is 12.8. The Morgan fingerprint density at radius 2 is 0.549 bits per heavy atom. The van der Waals surface area contributed by atoms with Crippen molar-refractivity contribution in [3.05, 3.63) is 72.9 Å². The Morgan fingerprint density at radius 1 is 0.296 bits per heavy atom. The molecular formula is C65H114O6. The van der Waals surface area contributed by atoms with Crippen molar-refractivity contribution in [1.82, 2.24) is 0 Å². The van der Waals surface area contributed by atoms with Gasteiger partial charge in [0.25, 0.3) is 0 Å². The maximum atomic E-state index is 12.8. The highest BCUT2D eigenvalue weighted by Crippen LogP contribution is 2.16. The second kappa shape index (κ2) is 59.4. The molecule has 71 heavy (non-hydrogen) atoms. The van der Waals surface area contributed by atoms with E-state index in [4.69, 9.17) is 14.2 Å². The number of ether oxygens (including phenoxy) is 3. The van der Waals surface area contributed by atoms with Gasteiger partial charge >= 0.3 is 17.9 Å². The van der Waals surface area contributed by atoms with Crippen molar-refractivity contribution in [3.63, 3.8) is 0 Å². The molecule has 0 saturated carbocycles. The van der Waals surface area contributed by atoms with Crippen molar-refractivity contribution < 1.29 is 28.6 Å². The molecule has 0 amide bonds. The Labute approximate surface area is 440 Å². The first-order valence-electron chi connectivity index (χ1n) is 30.4. The van der Waals surface area contributed by atoms with Crippen LogP contribution < -0.4 is 0 Å². The first-order chi connectivity index (χ1) is 35.0. The monoisotopic (exact) mass is 991 g/mol. The summed E-state index contributed by atoms with van der Waals surface area (Å²) >= 11 is 0. The van der Waals surface area contributed by atoms with Crippen LogP contribution in [0.5, 0.6) is 0 Å². The van der Waals surface area contributed by atoms with Crippen LogP contribution in [0.4, 0.5) is 0 Å². The first-order valence-corrected chi connectivity index (χ1v) is 30.4. The predicted octanol–water partition coefficient (Wildman–Crippen LogP) is 20.5. The molecule has 0 aliphatic heterocycles. The van der Waals surface area contributed by atoms with Crippen LogP contribution >= 0.6 is 0 Å². The largest absolute Gasteiger partial charge is 0.462 e. The summed E-state index contributed by atoms with van der Waals surface area (Å²) in [5.74, 6) is -0.913. The highest BCUT2D eigenvalue weighted by atomic mass is 16.6. The van der Waals surface area contributed by atoms with Crippen LogP contribution in [0, 0.1) is 0 Å². The normalized spacial score (nSPS) is 12.5. The molecule has 1 atom stereocenters. The maximum Gasteiger partial charge on any atom is 0.306 e. The molecule has 0 aliphatic rings. The van der Waals surface area contributed by atoms with Crippen molar-refractivity contribution >= 4 is 17.9 Å². The number of carbonyl (C=O) groups excluding carboxylic acids is 3. The minimum atomic E-state index is -0.785. The second-order valence-corrected chi connectivity index (χ2v) is 20.2. The zero-order valence-electron chi connectivity index (χ0n) is 47.0. The zero-order valence-corrected chi connectivity index (χ0v) is 47.0. The molecule has 1 unspecified atom stereocenters. The van der Waals surface area contributed by atoms with E-state index in [1.165, 1.54) is 167 Å². The van der Waals surface area contributed by atoms with Gasteiger partial charge in [-0.1, -0.05) is 267 Å². The molecule has 0 aromatic rings. The Bertz CT molecular complexity index is 1320. The molecular weight excluding hydrogens is 877 g/mol. The van der Waals surface area contributed by atoms with Crippen LogP contribution in [0.15, 0.2) is 72.9 Å². The number of hydrogen-bond donors (Lipinski definition) is 0. The van der Waals surface area contributed by atoms with Gasteiger partial charge in [0.1, 0.15) is 13.2 Å². The van der Waals surface area contributed by atoms with E-state index < -0.39 is 6.10 Å². The summed E-state index contributed by atoms with van der Waals surface area (Å²) in [6, 6.07) is 0. The summed E-state index contributed by atoms with van der Waals surface area (Å²) in [5, 5.41) is 0. The van der Waals surface area contributed by atoms with Gasteiger partial charge in [-0.05, 0) is 89.9 Å². The smallest absolute Gasteiger partial charge is 0.306 e. The lowest BCUT2D eigenvalue weighted by molar-refractivity contribution is -0.167. The fraction of sp³-hybridized carbons (Fsp3) is 0.769. The van der Waals surface area contributed by atoms with Crippen molar-refractivity contribution in [2.24, 2.45) is 0 Å². The molecule has 0 bridgehead atoms. The third kappa shape index (κ3) is 57.6. The Kier molecular flexibility index (Phi) is 56.8. The summed E-state index contributed by atoms with van der Waals surface area (Å²) in [7, 11) is 0. The Hall–Kier alpha value is -3.15. The molecule has 0 rings (SSSR count). The lowest BCUT2D eigenvalue weighted by Gasteiger charge is -2.18. The molecule has 0 radical (unpaired) electrons. The average molecular weight is 992 g/mol. The second-order valence-electron chi connectivity index (χ2n) is 20.2. The summed E-state index contributed by atoms with van der Waals surface area (Å²) in [5.41, 5.74) is 0. The highest BCUT2D eigenvalue weighted by Gasteiger charge is 2.19. The molecule has 0 aromatic heterocycles. The number of rotatable bonds is 55. The Balaban J connectivity index is 3.98. The van der Waals surface area contributed by atoms with E-state index in [1.807, 2.05) is 0 Å². The number of hydrogen-bond acceptors (Lipinski definition) is 6. The van der Waals surface area contributed by atoms with Gasteiger partial charge in [0.05, 0.1) is 0 Å². The van der Waals surface area contributed by atoms with E-state index in [0.717, 1.165) is 96.3 Å². The molecule has 0 aliphatic carbocycles. The molecule has 0 N–H and O–H groups in total. The van der Waals surface area contributed by atoms with Gasteiger partial charge in [0.2, 0.25) is 0 Å². The molecule has 6 nitrogen and oxygen atoms in total. The molecule has 0 saturated heterocycles. The van der Waals surface area contributed by atoms with E-state index in [1.54, 1.807) is 0 Å². The van der Waals surface area contributed by atoms with E-state index >= 15 is 0 Å². The molecule has 6 heteroatoms. The standard InChI is InChI=1S/C65H114O6/c1-4-7-10-13-16-18-20-22-23-24-25-26-27-28-29-30-31-32-33-34-35-36-37-38-39-40-41-43-44-46-49-52-55-58-64(67)70-61-62(60-69-63(66)57-54-51-48-15-12-9-6-3)71-65(68)59-56-53-50-47-45-42-21-19-17-14-11-8-5-2/h8,11,17,19-20,22,24-25,27-28,42,45,62H,4-7,9-10,12-16,18,21,23,26,29-41,43-44,46-61H2,1-3H3/b11-8-,19-17-,22-20-,25-24-,28-27-,45-42-. The van der Waals surface area contributed by atoms with Crippen molar-refractivity contribution in [2.75, 3.05) is 13.2 Å². The van der Waals surface area contributed by atoms with Gasteiger partial charge < -0.3 is 14.2 Å². The molecule has 0 fully saturated rings. The van der Waals surface area contributed by atoms with Crippen molar-refractivity contribution in [2.45, 2.75) is 309 Å². The van der Waals surface area contributed by atoms with Gasteiger partial charge in [-0.2, -0.15) is 0 Å². The summed E-state index contributed by atoms with van der Waals surface area (Å²) in [4.78, 5) is 37.9. The predicted molar refractivity (Wildman–Crippen MR) is 307 cm³/mol. The Morgan fingerprint density at radius 3 is 0.873 bits per heavy atom. The van der Waals surface area contributed by atoms with E-state index in [9.17, 15) is 14.4 Å². The first kappa shape index (κ1) is 67.8. The topological polar surface area (TPSA) is 78.9 Å². The van der Waals surface area contributed by atoms with Gasteiger partial charge in [-0.25, -0.2) is 0 Å². The fourth-order valence-corrected chi connectivity index (χ4v) is 8.64. The van der Waals surface area contributed by atoms with Crippen LogP contribution in [0.2, 0.25) is 0 Å². The van der Waals surface area contributed by atoms with Crippen LogP contribution in [-0.4, -0.2) is 37.2 Å². The minimum absolute atomic E-state index is 0.0844. The quantitative estimate of drug-likeness (QED) is 0.0261. The molecule has 0 heterocycles. The van der Waals surface area contributed by atoms with Crippen LogP contribution in [-0.2, 0) is 28.6 Å². The van der Waals surface area contributed by atoms with Gasteiger partial charge in [0, 0.05) is 19.3 Å². The lowest BCUT2D eigenvalue weighted by atomic mass is 10.0. The number of unbranched alkanes of at least 4 members (excludes halogenated alkanes) is 32. The third-order valence-electron chi connectivity index (χ3n) is 13.2. The zero-order chi connectivity index (χ0) is 51.4. The van der Waals surface area contributed by atoms with Gasteiger partial charge in [-0.15, -0.1) is 0 Å². The van der Waals surface area contributed by atoms with Crippen LogP contribution in [0.1, 0.15) is 303 Å². The van der Waals surface area contributed by atoms with Crippen LogP contribution in [0.25, 0.3) is 0 Å². The van der Waals surface area contributed by atoms with Crippen molar-refractivity contribution in [3.8, 4) is 0 Å². The summed E-state index contributed by atoms with van der Waals surface area (Å²) in [6.07, 6.45) is 76.7. The minimum Gasteiger partial charge on any atom is -0.462 e. The van der Waals surface area contributed by atoms with E-state index in [-0.39, 0.29) is 31.1 Å². The van der Waals surface area contributed by atoms with E-state index in [2.05, 4.69) is 93.7 Å². The molecule has 0 aromatic carbocycles. The van der Waals surface area contributed by atoms with E-state index in [0.29, 0.717) is 19.3 Å². The third-order valence-corrected chi connectivity index (χ3v) is 13.2. The molecule has 410 valence electrons. The highest BCUT2D eigenvalue weighted by molar-refractivity contribution is 5.71. The fourth-order valence-electron chi connectivity index (χ4n) is 8.64. The van der Waals surface area contributed by atoms with Gasteiger partial charge in [-0.3, -0.25) is 14.4 Å². The van der Waals surface area contributed by atoms with Crippen LogP contribution in [0.3, 0.4) is 0 Å². The summed E-state index contributed by atoms with van der Waals surface area (Å²) in [6.45, 7) is 6.46.